The summed E-state index contributed by atoms with van der Waals surface area (Å²) >= 11 is 0. The maximum absolute atomic E-state index is 12.5. The Labute approximate surface area is 143 Å². The predicted octanol–water partition coefficient (Wildman–Crippen LogP) is 0.491. The lowest BCUT2D eigenvalue weighted by molar-refractivity contribution is -0.120. The second kappa shape index (κ2) is 7.46. The first-order valence-electron chi connectivity index (χ1n) is 8.50. The Balaban J connectivity index is 1.57. The highest BCUT2D eigenvalue weighted by molar-refractivity contribution is 5.95. The number of likely N-dealkylation sites (N-methyl/N-ethyl adjacent to an activating group) is 2. The molecule has 2 aliphatic heterocycles. The number of aromatic nitrogens is 1. The third-order valence-electron chi connectivity index (χ3n) is 4.99. The zero-order chi connectivity index (χ0) is 17.1. The third kappa shape index (κ3) is 3.85. The van der Waals surface area contributed by atoms with Crippen LogP contribution in [-0.4, -0.2) is 86.8 Å². The Morgan fingerprint density at radius 1 is 1.25 bits per heavy atom. The van der Waals surface area contributed by atoms with Crippen LogP contribution >= 0.6 is 0 Å². The topological polar surface area (TPSA) is 60.9 Å². The molecule has 2 fully saturated rings. The molecule has 0 bridgehead atoms. The number of hydrogen-bond acceptors (Lipinski definition) is 6. The number of rotatable bonds is 4. The van der Waals surface area contributed by atoms with Gasteiger partial charge < -0.3 is 19.9 Å². The van der Waals surface area contributed by atoms with Gasteiger partial charge in [0.1, 0.15) is 5.82 Å². The molecule has 7 heteroatoms. The quantitative estimate of drug-likeness (QED) is 0.865. The summed E-state index contributed by atoms with van der Waals surface area (Å²) in [6.07, 6.45) is 2.60. The molecule has 3 heterocycles. The van der Waals surface area contributed by atoms with E-state index in [1.807, 2.05) is 24.1 Å². The predicted molar refractivity (Wildman–Crippen MR) is 94.4 cm³/mol. The number of anilines is 2. The van der Waals surface area contributed by atoms with E-state index < -0.39 is 0 Å². The second-order valence-corrected chi connectivity index (χ2v) is 6.73. The minimum atomic E-state index is -0.146. The van der Waals surface area contributed by atoms with Crippen LogP contribution in [-0.2, 0) is 9.53 Å². The lowest BCUT2D eigenvalue weighted by Crippen LogP contribution is -2.44. The van der Waals surface area contributed by atoms with Crippen LogP contribution < -0.4 is 10.2 Å². The van der Waals surface area contributed by atoms with E-state index in [1.54, 1.807) is 13.3 Å². The fraction of sp³-hybridized carbons (Fsp3) is 0.647. The smallest absolute Gasteiger partial charge is 0.241 e. The van der Waals surface area contributed by atoms with Gasteiger partial charge in [0, 0.05) is 39.8 Å². The van der Waals surface area contributed by atoms with E-state index in [2.05, 4.69) is 27.1 Å². The molecular formula is C17H27N5O2. The van der Waals surface area contributed by atoms with Crippen LogP contribution in [0, 0.1) is 0 Å². The van der Waals surface area contributed by atoms with E-state index in [-0.39, 0.29) is 18.1 Å². The number of carbonyl (C=O) groups is 1. The number of nitrogens with zero attached hydrogens (tertiary/aromatic N) is 4. The molecule has 2 saturated heterocycles. The number of hydrogen-bond donors (Lipinski definition) is 1. The zero-order valence-electron chi connectivity index (χ0n) is 14.7. The minimum absolute atomic E-state index is 0.00574. The van der Waals surface area contributed by atoms with Crippen molar-refractivity contribution in [2.75, 3.05) is 64.1 Å². The van der Waals surface area contributed by atoms with E-state index in [4.69, 9.17) is 4.74 Å². The normalized spacial score (nSPS) is 25.9. The molecule has 0 unspecified atom stereocenters. The molecule has 0 saturated carbocycles. The lowest BCUT2D eigenvalue weighted by Gasteiger charge is -2.33. The van der Waals surface area contributed by atoms with E-state index in [0.29, 0.717) is 0 Å². The first-order chi connectivity index (χ1) is 11.6. The molecule has 1 aromatic heterocycles. The molecule has 2 atom stereocenters. The summed E-state index contributed by atoms with van der Waals surface area (Å²) in [6, 6.07) is 3.77. The SMILES string of the molecule is CO[C@H]1C[C@@H](C(=O)Nc2ccc(N3CCN(C)CC3)nc2)N(C)C1. The minimum Gasteiger partial charge on any atom is -0.380 e. The molecule has 2 aliphatic rings. The highest BCUT2D eigenvalue weighted by atomic mass is 16.5. The number of pyridine rings is 1. The van der Waals surface area contributed by atoms with Crippen LogP contribution in [0.1, 0.15) is 6.42 Å². The maximum atomic E-state index is 12.5. The van der Waals surface area contributed by atoms with Gasteiger partial charge in [0.05, 0.1) is 24.0 Å². The fourth-order valence-corrected chi connectivity index (χ4v) is 3.34. The molecule has 24 heavy (non-hydrogen) atoms. The van der Waals surface area contributed by atoms with Gasteiger partial charge in [-0.05, 0) is 32.6 Å². The van der Waals surface area contributed by atoms with Gasteiger partial charge in [-0.15, -0.1) is 0 Å². The molecule has 3 rings (SSSR count). The standard InChI is InChI=1S/C17H27N5O2/c1-20-6-8-22(9-7-20)16-5-4-13(11-18-16)19-17(23)15-10-14(24-3)12-21(15)2/h4-5,11,14-15H,6-10,12H2,1-3H3,(H,19,23)/t14-,15-/m0/s1. The molecule has 132 valence electrons. The Morgan fingerprint density at radius 2 is 2.00 bits per heavy atom. The highest BCUT2D eigenvalue weighted by Gasteiger charge is 2.34. The number of methoxy groups -OCH3 is 1. The summed E-state index contributed by atoms with van der Waals surface area (Å²) in [5.41, 5.74) is 0.743. The monoisotopic (exact) mass is 333 g/mol. The number of nitrogens with one attached hydrogen (secondary N) is 1. The average molecular weight is 333 g/mol. The van der Waals surface area contributed by atoms with Crippen molar-refractivity contribution in [3.05, 3.63) is 18.3 Å². The summed E-state index contributed by atoms with van der Waals surface area (Å²) in [4.78, 5) is 23.6. The molecule has 0 spiro atoms. The molecule has 0 aliphatic carbocycles. The Bertz CT molecular complexity index is 557. The number of amides is 1. The van der Waals surface area contributed by atoms with Crippen LogP contribution in [0.25, 0.3) is 0 Å². The number of likely N-dealkylation sites (tertiary alicyclic amines) is 1. The van der Waals surface area contributed by atoms with E-state index in [9.17, 15) is 4.79 Å². The number of ether oxygens (including phenoxy) is 1. The Hall–Kier alpha value is -1.70. The Morgan fingerprint density at radius 3 is 2.58 bits per heavy atom. The maximum Gasteiger partial charge on any atom is 0.241 e. The largest absolute Gasteiger partial charge is 0.380 e. The molecule has 1 amide bonds. The van der Waals surface area contributed by atoms with Gasteiger partial charge in [-0.2, -0.15) is 0 Å². The van der Waals surface area contributed by atoms with E-state index in [0.717, 1.165) is 50.6 Å². The summed E-state index contributed by atoms with van der Waals surface area (Å²) < 4.78 is 5.36. The fourth-order valence-electron chi connectivity index (χ4n) is 3.34. The van der Waals surface area contributed by atoms with Gasteiger partial charge in [-0.25, -0.2) is 4.98 Å². The molecule has 1 aromatic rings. The summed E-state index contributed by atoms with van der Waals surface area (Å²) in [5, 5.41) is 2.97. The van der Waals surface area contributed by atoms with Crippen molar-refractivity contribution in [3.8, 4) is 0 Å². The van der Waals surface area contributed by atoms with Crippen molar-refractivity contribution in [3.63, 3.8) is 0 Å². The highest BCUT2D eigenvalue weighted by Crippen LogP contribution is 2.21. The van der Waals surface area contributed by atoms with Crippen molar-refractivity contribution < 1.29 is 9.53 Å². The first-order valence-corrected chi connectivity index (χ1v) is 8.50. The zero-order valence-corrected chi connectivity index (χ0v) is 14.7. The van der Waals surface area contributed by atoms with Crippen LogP contribution in [0.3, 0.4) is 0 Å². The van der Waals surface area contributed by atoms with Gasteiger partial charge >= 0.3 is 0 Å². The van der Waals surface area contributed by atoms with Gasteiger partial charge in [-0.1, -0.05) is 0 Å². The number of piperazine rings is 1. The van der Waals surface area contributed by atoms with Crippen molar-refractivity contribution in [2.45, 2.75) is 18.6 Å². The molecular weight excluding hydrogens is 306 g/mol. The average Bonchev–Trinajstić information content (AvgIpc) is 2.97. The van der Waals surface area contributed by atoms with Crippen molar-refractivity contribution >= 4 is 17.4 Å². The van der Waals surface area contributed by atoms with Crippen LogP contribution in [0.15, 0.2) is 18.3 Å². The van der Waals surface area contributed by atoms with Crippen molar-refractivity contribution in [1.29, 1.82) is 0 Å². The molecule has 7 nitrogen and oxygen atoms in total. The van der Waals surface area contributed by atoms with Gasteiger partial charge in [0.25, 0.3) is 0 Å². The van der Waals surface area contributed by atoms with Gasteiger partial charge in [0.15, 0.2) is 0 Å². The lowest BCUT2D eigenvalue weighted by atomic mass is 10.2. The molecule has 1 N–H and O–H groups in total. The molecule has 0 radical (unpaired) electrons. The summed E-state index contributed by atoms with van der Waals surface area (Å²) in [6.45, 7) is 4.86. The van der Waals surface area contributed by atoms with Crippen LogP contribution in [0.4, 0.5) is 11.5 Å². The van der Waals surface area contributed by atoms with Crippen molar-refractivity contribution in [1.82, 2.24) is 14.8 Å². The first kappa shape index (κ1) is 17.1. The van der Waals surface area contributed by atoms with Crippen LogP contribution in [0.2, 0.25) is 0 Å². The third-order valence-corrected chi connectivity index (χ3v) is 4.99. The summed E-state index contributed by atoms with van der Waals surface area (Å²) in [5.74, 6) is 0.977. The van der Waals surface area contributed by atoms with E-state index in [1.165, 1.54) is 0 Å². The molecule has 0 aromatic carbocycles. The van der Waals surface area contributed by atoms with Gasteiger partial charge in [-0.3, -0.25) is 9.69 Å². The van der Waals surface area contributed by atoms with Crippen molar-refractivity contribution in [2.24, 2.45) is 0 Å². The number of carbonyl (C=O) groups excluding carboxylic acids is 1. The van der Waals surface area contributed by atoms with E-state index >= 15 is 0 Å². The second-order valence-electron chi connectivity index (χ2n) is 6.73. The van der Waals surface area contributed by atoms with Crippen LogP contribution in [0.5, 0.6) is 0 Å². The Kier molecular flexibility index (Phi) is 5.33. The summed E-state index contributed by atoms with van der Waals surface area (Å²) in [7, 11) is 5.79. The van der Waals surface area contributed by atoms with Gasteiger partial charge in [0.2, 0.25) is 5.91 Å².